The maximum absolute atomic E-state index is 13.6. The molecular formula is C11H18ClFN2O2S. The third-order valence-electron chi connectivity index (χ3n) is 2.71. The zero-order valence-corrected chi connectivity index (χ0v) is 12.2. The van der Waals surface area contributed by atoms with E-state index in [4.69, 9.17) is 5.73 Å². The highest BCUT2D eigenvalue weighted by Crippen LogP contribution is 2.20. The van der Waals surface area contributed by atoms with E-state index in [2.05, 4.69) is 0 Å². The second-order valence-electron chi connectivity index (χ2n) is 4.04. The van der Waals surface area contributed by atoms with Crippen molar-refractivity contribution in [2.24, 2.45) is 5.73 Å². The second kappa shape index (κ2) is 6.47. The summed E-state index contributed by atoms with van der Waals surface area (Å²) in [4.78, 5) is -0.314. The minimum absolute atomic E-state index is 0. The van der Waals surface area contributed by atoms with Crippen LogP contribution in [0, 0.1) is 12.7 Å². The molecule has 1 rings (SSSR count). The van der Waals surface area contributed by atoms with E-state index in [1.54, 1.807) is 19.9 Å². The summed E-state index contributed by atoms with van der Waals surface area (Å²) in [5, 5.41) is 0. The summed E-state index contributed by atoms with van der Waals surface area (Å²) < 4.78 is 38.9. The standard InChI is InChI=1S/C11H17FN2O2S.ClH/c1-8-4-5-11(10(12)6-8)17(15,16)14(3)9(2)7-13;/h4-6,9H,7,13H2,1-3H3;1H. The van der Waals surface area contributed by atoms with Crippen LogP contribution in [0.3, 0.4) is 0 Å². The third kappa shape index (κ3) is 3.41. The Kier molecular flexibility index (Phi) is 6.22. The highest BCUT2D eigenvalue weighted by molar-refractivity contribution is 7.89. The molecule has 0 bridgehead atoms. The van der Waals surface area contributed by atoms with Crippen LogP contribution in [-0.4, -0.2) is 32.4 Å². The molecule has 7 heteroatoms. The number of nitrogens with zero attached hydrogens (tertiary/aromatic N) is 1. The zero-order valence-electron chi connectivity index (χ0n) is 10.6. The number of hydrogen-bond acceptors (Lipinski definition) is 3. The molecule has 1 aromatic rings. The van der Waals surface area contributed by atoms with Gasteiger partial charge in [0.15, 0.2) is 0 Å². The van der Waals surface area contributed by atoms with Gasteiger partial charge in [-0.1, -0.05) is 6.07 Å². The molecule has 0 aliphatic heterocycles. The van der Waals surface area contributed by atoms with E-state index in [1.807, 2.05) is 0 Å². The molecule has 1 aromatic carbocycles. The van der Waals surface area contributed by atoms with Crippen LogP contribution >= 0.6 is 12.4 Å². The third-order valence-corrected chi connectivity index (χ3v) is 4.71. The predicted molar refractivity (Wildman–Crippen MR) is 71.9 cm³/mol. The predicted octanol–water partition coefficient (Wildman–Crippen LogP) is 1.52. The molecule has 2 N–H and O–H groups in total. The Morgan fingerprint density at radius 1 is 1.44 bits per heavy atom. The van der Waals surface area contributed by atoms with Crippen LogP contribution in [0.15, 0.2) is 23.1 Å². The Balaban J connectivity index is 0.00000289. The first-order chi connectivity index (χ1) is 7.80. The summed E-state index contributed by atoms with van der Waals surface area (Å²) in [6.07, 6.45) is 0. The van der Waals surface area contributed by atoms with E-state index < -0.39 is 15.8 Å². The fourth-order valence-corrected chi connectivity index (χ4v) is 2.77. The highest BCUT2D eigenvalue weighted by Gasteiger charge is 2.27. The Morgan fingerprint density at radius 3 is 2.44 bits per heavy atom. The van der Waals surface area contributed by atoms with Crippen LogP contribution in [0.2, 0.25) is 0 Å². The summed E-state index contributed by atoms with van der Waals surface area (Å²) in [6, 6.07) is 3.67. The van der Waals surface area contributed by atoms with Gasteiger partial charge in [-0.05, 0) is 31.5 Å². The Hall–Kier alpha value is -0.690. The number of likely N-dealkylation sites (N-methyl/N-ethyl adjacent to an activating group) is 1. The number of rotatable bonds is 4. The number of benzene rings is 1. The van der Waals surface area contributed by atoms with E-state index in [0.29, 0.717) is 5.56 Å². The summed E-state index contributed by atoms with van der Waals surface area (Å²) in [7, 11) is -2.42. The Labute approximate surface area is 113 Å². The van der Waals surface area contributed by atoms with Crippen LogP contribution in [0.5, 0.6) is 0 Å². The van der Waals surface area contributed by atoms with E-state index in [-0.39, 0.29) is 29.9 Å². The number of hydrogen-bond donors (Lipinski definition) is 1. The molecule has 4 nitrogen and oxygen atoms in total. The van der Waals surface area contributed by atoms with Crippen molar-refractivity contribution in [2.45, 2.75) is 24.8 Å². The fraction of sp³-hybridized carbons (Fsp3) is 0.455. The minimum atomic E-state index is -3.82. The van der Waals surface area contributed by atoms with Crippen molar-refractivity contribution in [3.8, 4) is 0 Å². The van der Waals surface area contributed by atoms with Gasteiger partial charge >= 0.3 is 0 Å². The lowest BCUT2D eigenvalue weighted by Crippen LogP contribution is -2.39. The van der Waals surface area contributed by atoms with Crippen molar-refractivity contribution >= 4 is 22.4 Å². The number of sulfonamides is 1. The Bertz CT molecular complexity index is 508. The van der Waals surface area contributed by atoms with Crippen molar-refractivity contribution in [3.05, 3.63) is 29.6 Å². The van der Waals surface area contributed by atoms with Gasteiger partial charge in [0, 0.05) is 19.6 Å². The number of halogens is 2. The SMILES string of the molecule is Cc1ccc(S(=O)(=O)N(C)C(C)CN)c(F)c1.Cl. The molecule has 0 fully saturated rings. The molecule has 104 valence electrons. The van der Waals surface area contributed by atoms with Crippen molar-refractivity contribution in [1.29, 1.82) is 0 Å². The van der Waals surface area contributed by atoms with Gasteiger partial charge in [-0.2, -0.15) is 4.31 Å². The van der Waals surface area contributed by atoms with Crippen LogP contribution in [0.4, 0.5) is 4.39 Å². The molecule has 0 radical (unpaired) electrons. The van der Waals surface area contributed by atoms with Crippen molar-refractivity contribution in [2.75, 3.05) is 13.6 Å². The maximum Gasteiger partial charge on any atom is 0.246 e. The smallest absolute Gasteiger partial charge is 0.246 e. The van der Waals surface area contributed by atoms with E-state index in [9.17, 15) is 12.8 Å². The van der Waals surface area contributed by atoms with Gasteiger partial charge in [0.1, 0.15) is 10.7 Å². The van der Waals surface area contributed by atoms with Gasteiger partial charge in [-0.25, -0.2) is 12.8 Å². The monoisotopic (exact) mass is 296 g/mol. The molecular weight excluding hydrogens is 279 g/mol. The largest absolute Gasteiger partial charge is 0.329 e. The van der Waals surface area contributed by atoms with E-state index in [1.165, 1.54) is 19.2 Å². The molecule has 1 unspecified atom stereocenters. The fourth-order valence-electron chi connectivity index (χ4n) is 1.36. The normalized spacial score (nSPS) is 13.2. The zero-order chi connectivity index (χ0) is 13.2. The molecule has 0 amide bonds. The molecule has 0 heterocycles. The quantitative estimate of drug-likeness (QED) is 0.916. The van der Waals surface area contributed by atoms with Crippen LogP contribution in [0.1, 0.15) is 12.5 Å². The van der Waals surface area contributed by atoms with Gasteiger partial charge in [-0.3, -0.25) is 0 Å². The molecule has 0 saturated carbocycles. The summed E-state index contributed by atoms with van der Waals surface area (Å²) in [5.41, 5.74) is 6.09. The summed E-state index contributed by atoms with van der Waals surface area (Å²) in [5.74, 6) is -0.735. The van der Waals surface area contributed by atoms with Gasteiger partial charge in [0.25, 0.3) is 0 Å². The highest BCUT2D eigenvalue weighted by atomic mass is 35.5. The van der Waals surface area contributed by atoms with Gasteiger partial charge in [0.05, 0.1) is 0 Å². The lowest BCUT2D eigenvalue weighted by atomic mass is 10.2. The second-order valence-corrected chi connectivity index (χ2v) is 6.01. The van der Waals surface area contributed by atoms with E-state index in [0.717, 1.165) is 4.31 Å². The lowest BCUT2D eigenvalue weighted by molar-refractivity contribution is 0.391. The lowest BCUT2D eigenvalue weighted by Gasteiger charge is -2.23. The molecule has 1 atom stereocenters. The van der Waals surface area contributed by atoms with Crippen LogP contribution < -0.4 is 5.73 Å². The topological polar surface area (TPSA) is 63.4 Å². The first-order valence-electron chi connectivity index (χ1n) is 5.25. The van der Waals surface area contributed by atoms with Gasteiger partial charge in [-0.15, -0.1) is 12.4 Å². The molecule has 0 aliphatic rings. The maximum atomic E-state index is 13.6. The molecule has 0 aromatic heterocycles. The number of aryl methyl sites for hydroxylation is 1. The van der Waals surface area contributed by atoms with Crippen LogP contribution in [0.25, 0.3) is 0 Å². The number of nitrogens with two attached hydrogens (primary N) is 1. The van der Waals surface area contributed by atoms with Gasteiger partial charge < -0.3 is 5.73 Å². The van der Waals surface area contributed by atoms with Crippen LogP contribution in [-0.2, 0) is 10.0 Å². The van der Waals surface area contributed by atoms with E-state index >= 15 is 0 Å². The summed E-state index contributed by atoms with van der Waals surface area (Å²) >= 11 is 0. The molecule has 0 saturated heterocycles. The average Bonchev–Trinajstić information content (AvgIpc) is 2.26. The average molecular weight is 297 g/mol. The molecule has 0 spiro atoms. The van der Waals surface area contributed by atoms with Gasteiger partial charge in [0.2, 0.25) is 10.0 Å². The Morgan fingerprint density at radius 2 is 2.00 bits per heavy atom. The molecule has 18 heavy (non-hydrogen) atoms. The minimum Gasteiger partial charge on any atom is -0.329 e. The first kappa shape index (κ1) is 17.3. The molecule has 0 aliphatic carbocycles. The van der Waals surface area contributed by atoms with Crippen molar-refractivity contribution in [1.82, 2.24) is 4.31 Å². The first-order valence-corrected chi connectivity index (χ1v) is 6.69. The van der Waals surface area contributed by atoms with Crippen molar-refractivity contribution in [3.63, 3.8) is 0 Å². The summed E-state index contributed by atoms with van der Waals surface area (Å²) in [6.45, 7) is 3.55. The van der Waals surface area contributed by atoms with Crippen molar-refractivity contribution < 1.29 is 12.8 Å².